The summed E-state index contributed by atoms with van der Waals surface area (Å²) in [5, 5.41) is 14.4. The summed E-state index contributed by atoms with van der Waals surface area (Å²) in [6.45, 7) is 0.436. The van der Waals surface area contributed by atoms with Gasteiger partial charge in [-0.2, -0.15) is 0 Å². The van der Waals surface area contributed by atoms with Crippen LogP contribution >= 0.6 is 11.6 Å². The van der Waals surface area contributed by atoms with Crippen LogP contribution in [0.4, 0.5) is 11.5 Å². The minimum Gasteiger partial charge on any atom is -0.504 e. The van der Waals surface area contributed by atoms with Crippen LogP contribution in [0.15, 0.2) is 67.0 Å². The predicted octanol–water partition coefficient (Wildman–Crippen LogP) is 5.32. The molecule has 0 spiro atoms. The summed E-state index contributed by atoms with van der Waals surface area (Å²) in [7, 11) is 1.49. The van der Waals surface area contributed by atoms with Crippen molar-refractivity contribution in [2.45, 2.75) is 6.61 Å². The third-order valence-corrected chi connectivity index (χ3v) is 4.66. The molecule has 0 aliphatic rings. The monoisotopic (exact) mass is 407 g/mol. The molecule has 0 fully saturated rings. The van der Waals surface area contributed by atoms with E-state index in [2.05, 4.69) is 15.3 Å². The third-order valence-electron chi connectivity index (χ3n) is 4.37. The summed E-state index contributed by atoms with van der Waals surface area (Å²) in [6.07, 6.45) is 1.44. The Morgan fingerprint density at radius 1 is 1.00 bits per heavy atom. The highest BCUT2D eigenvalue weighted by molar-refractivity contribution is 6.32. The van der Waals surface area contributed by atoms with E-state index in [4.69, 9.17) is 21.1 Å². The number of rotatable bonds is 6. The summed E-state index contributed by atoms with van der Waals surface area (Å²) in [4.78, 5) is 8.51. The topological polar surface area (TPSA) is 76.5 Å². The molecule has 0 saturated heterocycles. The number of halogens is 1. The molecular weight excluding hydrogens is 390 g/mol. The molecule has 4 rings (SSSR count). The highest BCUT2D eigenvalue weighted by Gasteiger charge is 2.11. The lowest BCUT2D eigenvalue weighted by atomic mass is 10.2. The fraction of sp³-hybridized carbons (Fsp3) is 0.0909. The van der Waals surface area contributed by atoms with Gasteiger partial charge in [-0.3, -0.25) is 0 Å². The maximum atomic E-state index is 10.1. The summed E-state index contributed by atoms with van der Waals surface area (Å²) in [5.41, 5.74) is 2.44. The molecule has 0 aliphatic carbocycles. The second-order valence-corrected chi connectivity index (χ2v) is 6.72. The van der Waals surface area contributed by atoms with Crippen LogP contribution in [0.25, 0.3) is 10.9 Å². The molecular formula is C22H18ClN3O3. The van der Waals surface area contributed by atoms with Crippen molar-refractivity contribution in [1.29, 1.82) is 0 Å². The Morgan fingerprint density at radius 2 is 1.83 bits per heavy atom. The van der Waals surface area contributed by atoms with Gasteiger partial charge in [0, 0.05) is 17.1 Å². The fourth-order valence-electron chi connectivity index (χ4n) is 2.90. The first-order chi connectivity index (χ1) is 14.1. The number of nitrogens with one attached hydrogen (secondary N) is 1. The number of hydrogen-bond acceptors (Lipinski definition) is 6. The number of phenolic OH excluding ortho intramolecular Hbond substituents is 1. The summed E-state index contributed by atoms with van der Waals surface area (Å²) >= 11 is 6.39. The number of benzene rings is 3. The van der Waals surface area contributed by atoms with Crippen LogP contribution in [0.1, 0.15) is 5.56 Å². The number of aromatic hydroxyl groups is 1. The lowest BCUT2D eigenvalue weighted by Gasteiger charge is -2.12. The summed E-state index contributed by atoms with van der Waals surface area (Å²) < 4.78 is 10.9. The van der Waals surface area contributed by atoms with Gasteiger partial charge in [-0.1, -0.05) is 41.9 Å². The first-order valence-electron chi connectivity index (χ1n) is 8.89. The Morgan fingerprint density at radius 3 is 2.59 bits per heavy atom. The molecule has 0 amide bonds. The van der Waals surface area contributed by atoms with E-state index in [9.17, 15) is 5.11 Å². The number of aromatic nitrogens is 2. The van der Waals surface area contributed by atoms with Gasteiger partial charge in [0.2, 0.25) is 0 Å². The lowest BCUT2D eigenvalue weighted by Crippen LogP contribution is -1.98. The van der Waals surface area contributed by atoms with Crippen LogP contribution in [-0.4, -0.2) is 22.2 Å². The molecule has 4 aromatic rings. The van der Waals surface area contributed by atoms with Gasteiger partial charge in [-0.15, -0.1) is 0 Å². The highest BCUT2D eigenvalue weighted by atomic mass is 35.5. The van der Waals surface area contributed by atoms with Crippen molar-refractivity contribution in [1.82, 2.24) is 9.97 Å². The fourth-order valence-corrected chi connectivity index (χ4v) is 3.14. The maximum absolute atomic E-state index is 10.1. The number of hydrogen-bond donors (Lipinski definition) is 2. The molecule has 7 heteroatoms. The maximum Gasteiger partial charge on any atom is 0.162 e. The molecule has 1 aromatic heterocycles. The van der Waals surface area contributed by atoms with Crippen LogP contribution in [0.3, 0.4) is 0 Å². The van der Waals surface area contributed by atoms with Crippen molar-refractivity contribution in [3.8, 4) is 17.2 Å². The average Bonchev–Trinajstić information content (AvgIpc) is 2.74. The van der Waals surface area contributed by atoms with Crippen LogP contribution in [0.2, 0.25) is 5.02 Å². The van der Waals surface area contributed by atoms with Crippen LogP contribution in [-0.2, 0) is 6.61 Å². The van der Waals surface area contributed by atoms with E-state index in [1.807, 2.05) is 36.4 Å². The van der Waals surface area contributed by atoms with Gasteiger partial charge in [0.15, 0.2) is 11.5 Å². The Kier molecular flexibility index (Phi) is 5.35. The zero-order chi connectivity index (χ0) is 20.2. The number of methoxy groups -OCH3 is 1. The van der Waals surface area contributed by atoms with Crippen molar-refractivity contribution in [3.63, 3.8) is 0 Å². The van der Waals surface area contributed by atoms with E-state index in [1.165, 1.54) is 13.4 Å². The lowest BCUT2D eigenvalue weighted by molar-refractivity contribution is 0.306. The van der Waals surface area contributed by atoms with Crippen molar-refractivity contribution in [3.05, 3.63) is 77.6 Å². The van der Waals surface area contributed by atoms with Crippen molar-refractivity contribution < 1.29 is 14.6 Å². The Bertz CT molecular complexity index is 1150. The van der Waals surface area contributed by atoms with Gasteiger partial charge in [0.05, 0.1) is 17.6 Å². The highest BCUT2D eigenvalue weighted by Crippen LogP contribution is 2.35. The van der Waals surface area contributed by atoms with Gasteiger partial charge in [-0.25, -0.2) is 9.97 Å². The molecule has 0 atom stereocenters. The molecule has 1 heterocycles. The standard InChI is InChI=1S/C22H18ClN3O3/c1-28-21-11-18-16(10-19(21)27)22(25-13-24-18)26-15-7-8-20(17(23)9-15)29-12-14-5-3-2-4-6-14/h2-11,13,27H,12H2,1H3,(H,24,25,26). The first kappa shape index (κ1) is 18.8. The second kappa shape index (κ2) is 8.24. The number of ether oxygens (including phenoxy) is 2. The smallest absolute Gasteiger partial charge is 0.162 e. The van der Waals surface area contributed by atoms with Crippen LogP contribution in [0.5, 0.6) is 17.2 Å². The normalized spacial score (nSPS) is 10.7. The zero-order valence-electron chi connectivity index (χ0n) is 15.6. The minimum absolute atomic E-state index is 0.0144. The predicted molar refractivity (Wildman–Crippen MR) is 113 cm³/mol. The quantitative estimate of drug-likeness (QED) is 0.450. The van der Waals surface area contributed by atoms with Crippen LogP contribution in [0, 0.1) is 0 Å². The van der Waals surface area contributed by atoms with E-state index in [0.717, 1.165) is 11.3 Å². The number of anilines is 2. The second-order valence-electron chi connectivity index (χ2n) is 6.31. The van der Waals surface area contributed by atoms with Gasteiger partial charge >= 0.3 is 0 Å². The van der Waals surface area contributed by atoms with Crippen molar-refractivity contribution in [2.24, 2.45) is 0 Å². The van der Waals surface area contributed by atoms with Gasteiger partial charge in [-0.05, 0) is 29.8 Å². The number of fused-ring (bicyclic) bond motifs is 1. The molecule has 0 bridgehead atoms. The van der Waals surface area contributed by atoms with Gasteiger partial charge in [0.25, 0.3) is 0 Å². The molecule has 2 N–H and O–H groups in total. The third kappa shape index (κ3) is 4.17. The SMILES string of the molecule is COc1cc2ncnc(Nc3ccc(OCc4ccccc4)c(Cl)c3)c2cc1O. The minimum atomic E-state index is 0.0144. The molecule has 146 valence electrons. The molecule has 6 nitrogen and oxygen atoms in total. The van der Waals surface area contributed by atoms with Crippen LogP contribution < -0.4 is 14.8 Å². The number of phenols is 1. The largest absolute Gasteiger partial charge is 0.504 e. The van der Waals surface area contributed by atoms with E-state index in [-0.39, 0.29) is 5.75 Å². The van der Waals surface area contributed by atoms with Gasteiger partial charge < -0.3 is 19.9 Å². The van der Waals surface area contributed by atoms with Crippen molar-refractivity contribution in [2.75, 3.05) is 12.4 Å². The Hall–Kier alpha value is -3.51. The number of nitrogens with zero attached hydrogens (tertiary/aromatic N) is 2. The zero-order valence-corrected chi connectivity index (χ0v) is 16.3. The van der Waals surface area contributed by atoms with E-state index in [0.29, 0.717) is 39.8 Å². The molecule has 0 saturated carbocycles. The molecule has 0 radical (unpaired) electrons. The Labute approximate surface area is 172 Å². The molecule has 29 heavy (non-hydrogen) atoms. The molecule has 3 aromatic carbocycles. The van der Waals surface area contributed by atoms with E-state index < -0.39 is 0 Å². The summed E-state index contributed by atoms with van der Waals surface area (Å²) in [5.74, 6) is 1.50. The molecule has 0 aliphatic heterocycles. The first-order valence-corrected chi connectivity index (χ1v) is 9.27. The average molecular weight is 408 g/mol. The molecule has 0 unspecified atom stereocenters. The van der Waals surface area contributed by atoms with E-state index in [1.54, 1.807) is 24.3 Å². The van der Waals surface area contributed by atoms with Gasteiger partial charge in [0.1, 0.15) is 24.5 Å². The summed E-state index contributed by atoms with van der Waals surface area (Å²) in [6, 6.07) is 18.5. The van der Waals surface area contributed by atoms with E-state index >= 15 is 0 Å². The Balaban J connectivity index is 1.55. The van der Waals surface area contributed by atoms with Crippen molar-refractivity contribution >= 4 is 34.0 Å².